The fourth-order valence-electron chi connectivity index (χ4n) is 1.59. The van der Waals surface area contributed by atoms with Crippen molar-refractivity contribution in [2.24, 2.45) is 0 Å². The maximum atomic E-state index is 10.6. The number of H-pyrrole nitrogens is 1. The van der Waals surface area contributed by atoms with Gasteiger partial charge in [0.15, 0.2) is 4.77 Å². The van der Waals surface area contributed by atoms with Crippen molar-refractivity contribution in [1.82, 2.24) is 9.97 Å². The molecule has 1 amide bonds. The summed E-state index contributed by atoms with van der Waals surface area (Å²) in [5, 5.41) is 23.2. The van der Waals surface area contributed by atoms with Crippen molar-refractivity contribution >= 4 is 35.5 Å². The summed E-state index contributed by atoms with van der Waals surface area (Å²) in [5.41, 5.74) is 1.62. The van der Waals surface area contributed by atoms with Crippen molar-refractivity contribution in [3.05, 3.63) is 40.8 Å². The van der Waals surface area contributed by atoms with Gasteiger partial charge in [-0.1, -0.05) is 6.07 Å². The van der Waals surface area contributed by atoms with Crippen LogP contribution in [0.2, 0.25) is 0 Å². The van der Waals surface area contributed by atoms with Crippen LogP contribution in [0.1, 0.15) is 5.56 Å². The third kappa shape index (κ3) is 3.53. The Bertz CT molecular complexity index is 686. The van der Waals surface area contributed by atoms with E-state index in [1.165, 1.54) is 6.20 Å². The Morgan fingerprint density at radius 1 is 1.40 bits per heavy atom. The predicted molar refractivity (Wildman–Crippen MR) is 76.7 cm³/mol. The molecule has 1 aromatic carbocycles. The fourth-order valence-corrected chi connectivity index (χ4v) is 1.75. The van der Waals surface area contributed by atoms with Gasteiger partial charge in [0.1, 0.15) is 5.82 Å². The molecule has 0 spiro atoms. The highest BCUT2D eigenvalue weighted by Crippen LogP contribution is 2.21. The van der Waals surface area contributed by atoms with E-state index < -0.39 is 6.09 Å². The van der Waals surface area contributed by atoms with Crippen molar-refractivity contribution < 1.29 is 15.0 Å². The number of rotatable bonds is 4. The van der Waals surface area contributed by atoms with E-state index in [1.807, 2.05) is 0 Å². The van der Waals surface area contributed by atoms with Gasteiger partial charge in [-0.25, -0.2) is 9.78 Å². The summed E-state index contributed by atoms with van der Waals surface area (Å²) in [6.07, 6.45) is 0.335. The Morgan fingerprint density at radius 2 is 2.15 bits per heavy atom. The molecule has 1 heterocycles. The molecule has 5 N–H and O–H groups in total. The lowest BCUT2D eigenvalue weighted by Crippen LogP contribution is -2.07. The van der Waals surface area contributed by atoms with Crippen LogP contribution in [0.15, 0.2) is 30.5 Å². The number of carbonyl (C=O) groups is 1. The van der Waals surface area contributed by atoms with E-state index in [0.29, 0.717) is 22.8 Å². The number of aromatic nitrogens is 2. The van der Waals surface area contributed by atoms with Crippen LogP contribution in [0.5, 0.6) is 0 Å². The minimum atomic E-state index is -1.14. The van der Waals surface area contributed by atoms with Crippen LogP contribution in [0.25, 0.3) is 0 Å². The van der Waals surface area contributed by atoms with Gasteiger partial charge in [-0.3, -0.25) is 5.32 Å². The number of carboxylic acid groups (broad SMARTS) is 1. The SMILES string of the molecule is O=C(O)Nc1cccc(Nc2[nH]c(=S)ncc2CO)c1. The first kappa shape index (κ1) is 14.0. The van der Waals surface area contributed by atoms with Crippen LogP contribution < -0.4 is 10.6 Å². The van der Waals surface area contributed by atoms with E-state index in [1.54, 1.807) is 24.3 Å². The van der Waals surface area contributed by atoms with Gasteiger partial charge in [0, 0.05) is 23.1 Å². The summed E-state index contributed by atoms with van der Waals surface area (Å²) in [6, 6.07) is 6.70. The minimum absolute atomic E-state index is 0.200. The van der Waals surface area contributed by atoms with Crippen molar-refractivity contribution in [2.75, 3.05) is 10.6 Å². The lowest BCUT2D eigenvalue weighted by atomic mass is 10.2. The smallest absolute Gasteiger partial charge is 0.409 e. The number of nitrogens with one attached hydrogen (secondary N) is 3. The highest BCUT2D eigenvalue weighted by atomic mass is 32.1. The first-order valence-electron chi connectivity index (χ1n) is 5.64. The molecule has 2 aromatic rings. The monoisotopic (exact) mass is 292 g/mol. The molecule has 0 aliphatic heterocycles. The first-order chi connectivity index (χ1) is 9.58. The van der Waals surface area contributed by atoms with Gasteiger partial charge in [0.25, 0.3) is 0 Å². The third-order valence-corrected chi connectivity index (χ3v) is 2.65. The van der Waals surface area contributed by atoms with E-state index in [9.17, 15) is 9.90 Å². The summed E-state index contributed by atoms with van der Waals surface area (Å²) in [5.74, 6) is 0.514. The second-order valence-electron chi connectivity index (χ2n) is 3.88. The van der Waals surface area contributed by atoms with Crippen molar-refractivity contribution in [1.29, 1.82) is 0 Å². The van der Waals surface area contributed by atoms with Crippen LogP contribution in [0.3, 0.4) is 0 Å². The van der Waals surface area contributed by atoms with E-state index in [0.717, 1.165) is 0 Å². The van der Waals surface area contributed by atoms with E-state index >= 15 is 0 Å². The topological polar surface area (TPSA) is 110 Å². The van der Waals surface area contributed by atoms with Gasteiger partial charge in [-0.2, -0.15) is 0 Å². The normalized spacial score (nSPS) is 10.1. The number of aliphatic hydroxyl groups is 1. The van der Waals surface area contributed by atoms with Crippen LogP contribution in [-0.2, 0) is 6.61 Å². The largest absolute Gasteiger partial charge is 0.465 e. The molecule has 0 fully saturated rings. The molecular weight excluding hydrogens is 280 g/mol. The molecule has 7 nitrogen and oxygen atoms in total. The highest BCUT2D eigenvalue weighted by molar-refractivity contribution is 7.71. The van der Waals surface area contributed by atoms with Gasteiger partial charge in [0.2, 0.25) is 0 Å². The molecule has 8 heteroatoms. The summed E-state index contributed by atoms with van der Waals surface area (Å²) in [6.45, 7) is -0.200. The molecule has 20 heavy (non-hydrogen) atoms. The van der Waals surface area contributed by atoms with Crippen molar-refractivity contribution in [3.63, 3.8) is 0 Å². The predicted octanol–water partition coefficient (Wildman–Crippen LogP) is 2.46. The maximum Gasteiger partial charge on any atom is 0.409 e. The molecule has 0 atom stereocenters. The molecule has 1 aromatic heterocycles. The molecule has 104 valence electrons. The van der Waals surface area contributed by atoms with Crippen molar-refractivity contribution in [3.8, 4) is 0 Å². The fraction of sp³-hybridized carbons (Fsp3) is 0.0833. The Kier molecular flexibility index (Phi) is 4.28. The van der Waals surface area contributed by atoms with Crippen LogP contribution in [0, 0.1) is 4.77 Å². The van der Waals surface area contributed by atoms with E-state index in [2.05, 4.69) is 20.6 Å². The molecule has 0 aliphatic rings. The second-order valence-corrected chi connectivity index (χ2v) is 4.27. The summed E-state index contributed by atoms with van der Waals surface area (Å²) in [7, 11) is 0. The number of amides is 1. The number of hydrogen-bond acceptors (Lipinski definition) is 5. The average Bonchev–Trinajstić information content (AvgIpc) is 2.38. The average molecular weight is 292 g/mol. The van der Waals surface area contributed by atoms with Gasteiger partial charge in [-0.15, -0.1) is 0 Å². The van der Waals surface area contributed by atoms with Crippen LogP contribution >= 0.6 is 12.2 Å². The number of aromatic amines is 1. The van der Waals surface area contributed by atoms with Crippen LogP contribution in [0.4, 0.5) is 22.0 Å². The van der Waals surface area contributed by atoms with Gasteiger partial charge >= 0.3 is 6.09 Å². The Balaban J connectivity index is 2.28. The zero-order valence-corrected chi connectivity index (χ0v) is 11.1. The number of hydrogen-bond donors (Lipinski definition) is 5. The number of aliphatic hydroxyl groups excluding tert-OH is 1. The second kappa shape index (κ2) is 6.13. The lowest BCUT2D eigenvalue weighted by molar-refractivity contribution is 0.210. The maximum absolute atomic E-state index is 10.6. The number of anilines is 3. The third-order valence-electron chi connectivity index (χ3n) is 2.44. The Morgan fingerprint density at radius 3 is 2.85 bits per heavy atom. The molecule has 0 saturated carbocycles. The molecule has 0 saturated heterocycles. The van der Waals surface area contributed by atoms with E-state index in [4.69, 9.17) is 17.3 Å². The standard InChI is InChI=1S/C12H12N4O3S/c17-6-7-5-13-11(20)16-10(7)14-8-2-1-3-9(4-8)15-12(18)19/h1-5,15,17H,6H2,(H,18,19)(H2,13,14,16,20). The number of nitrogens with zero attached hydrogens (tertiary/aromatic N) is 1. The molecule has 0 radical (unpaired) electrons. The molecule has 0 unspecified atom stereocenters. The van der Waals surface area contributed by atoms with Crippen LogP contribution in [-0.4, -0.2) is 26.3 Å². The first-order valence-corrected chi connectivity index (χ1v) is 6.05. The van der Waals surface area contributed by atoms with Gasteiger partial charge in [0.05, 0.1) is 6.61 Å². The van der Waals surface area contributed by atoms with Gasteiger partial charge in [-0.05, 0) is 30.4 Å². The van der Waals surface area contributed by atoms with E-state index in [-0.39, 0.29) is 11.4 Å². The van der Waals surface area contributed by atoms with Crippen molar-refractivity contribution in [2.45, 2.75) is 6.61 Å². The highest BCUT2D eigenvalue weighted by Gasteiger charge is 2.04. The summed E-state index contributed by atoms with van der Waals surface area (Å²) >= 11 is 4.93. The Labute approximate surface area is 119 Å². The summed E-state index contributed by atoms with van der Waals surface area (Å²) < 4.78 is 0.282. The minimum Gasteiger partial charge on any atom is -0.465 e. The molecule has 2 rings (SSSR count). The molecule has 0 aliphatic carbocycles. The zero-order valence-electron chi connectivity index (χ0n) is 10.3. The summed E-state index contributed by atoms with van der Waals surface area (Å²) in [4.78, 5) is 17.3. The lowest BCUT2D eigenvalue weighted by Gasteiger charge is -2.11. The Hall–Kier alpha value is -2.45. The quantitative estimate of drug-likeness (QED) is 0.554. The molecule has 0 bridgehead atoms. The molecular formula is C12H12N4O3S. The zero-order chi connectivity index (χ0) is 14.5. The van der Waals surface area contributed by atoms with Gasteiger partial charge < -0.3 is 20.5 Å². The number of benzene rings is 1.